The van der Waals surface area contributed by atoms with Gasteiger partial charge in [-0.25, -0.2) is 15.1 Å². The molecule has 0 saturated carbocycles. The van der Waals surface area contributed by atoms with Gasteiger partial charge in [-0.2, -0.15) is 0 Å². The van der Waals surface area contributed by atoms with Gasteiger partial charge in [-0.3, -0.25) is 10.0 Å². The van der Waals surface area contributed by atoms with Gasteiger partial charge in [-0.15, -0.1) is 0 Å². The number of carbonyl (C=O) groups is 3. The Morgan fingerprint density at radius 2 is 1.60 bits per heavy atom. The first kappa shape index (κ1) is 25.7. The Labute approximate surface area is 202 Å². The lowest BCUT2D eigenvalue weighted by molar-refractivity contribution is -0.187. The normalized spacial score (nSPS) is 14.7. The molecule has 2 unspecified atom stereocenters. The minimum Gasteiger partial charge on any atom is -0.479 e. The van der Waals surface area contributed by atoms with Gasteiger partial charge < -0.3 is 20.8 Å². The van der Waals surface area contributed by atoms with Gasteiger partial charge in [0.2, 0.25) is 0 Å². The second-order valence-electron chi connectivity index (χ2n) is 8.98. The quantitative estimate of drug-likeness (QED) is 0.190. The molecule has 0 radical (unpaired) electrons. The molecule has 3 aromatic rings. The minimum absolute atomic E-state index is 0.0643. The van der Waals surface area contributed by atoms with Crippen LogP contribution in [0.2, 0.25) is 0 Å². The van der Waals surface area contributed by atoms with Crippen LogP contribution in [0.5, 0.6) is 0 Å². The van der Waals surface area contributed by atoms with Crippen LogP contribution in [0.3, 0.4) is 0 Å². The maximum absolute atomic E-state index is 12.6. The van der Waals surface area contributed by atoms with Crippen molar-refractivity contribution in [2.24, 2.45) is 11.7 Å². The number of carboxylic acid groups (broad SMARTS) is 1. The maximum atomic E-state index is 12.6. The Bertz CT molecular complexity index is 1250. The summed E-state index contributed by atoms with van der Waals surface area (Å²) in [4.78, 5) is 38.3. The topological polar surface area (TPSA) is 153 Å². The number of carbonyl (C=O) groups excluding carboxylic acids is 2. The van der Waals surface area contributed by atoms with Crippen LogP contribution >= 0.6 is 0 Å². The van der Waals surface area contributed by atoms with E-state index in [2.05, 4.69) is 0 Å². The van der Waals surface area contributed by atoms with Crippen molar-refractivity contribution in [2.45, 2.75) is 31.9 Å². The fourth-order valence-corrected chi connectivity index (χ4v) is 4.48. The Hall–Kier alpha value is -3.95. The van der Waals surface area contributed by atoms with E-state index in [9.17, 15) is 29.8 Å². The van der Waals surface area contributed by atoms with E-state index in [0.29, 0.717) is 0 Å². The predicted molar refractivity (Wildman–Crippen MR) is 130 cm³/mol. The summed E-state index contributed by atoms with van der Waals surface area (Å²) >= 11 is 0. The molecule has 0 saturated heterocycles. The van der Waals surface area contributed by atoms with Crippen LogP contribution in [0.25, 0.3) is 21.9 Å². The molecule has 0 bridgehead atoms. The predicted octanol–water partition coefficient (Wildman–Crippen LogP) is 3.08. The van der Waals surface area contributed by atoms with Gasteiger partial charge in [-0.1, -0.05) is 80.6 Å². The maximum Gasteiger partial charge on any atom is 0.348 e. The molecule has 3 rings (SSSR count). The number of nitrogens with two attached hydrogens (primary N) is 1. The number of hydroxylamine groups is 1. The van der Waals surface area contributed by atoms with Gasteiger partial charge in [0.25, 0.3) is 11.5 Å². The first-order valence-electron chi connectivity index (χ1n) is 11.0. The zero-order valence-electron chi connectivity index (χ0n) is 19.7. The summed E-state index contributed by atoms with van der Waals surface area (Å²) in [6.45, 7) is 4.71. The fraction of sp³-hybridized carbons (Fsp3) is 0.269. The molecule has 9 heteroatoms. The number of hydrogen-bond acceptors (Lipinski definition) is 5. The number of nitrogens with one attached hydrogen (secondary N) is 1. The van der Waals surface area contributed by atoms with Crippen molar-refractivity contribution in [2.75, 3.05) is 6.54 Å². The van der Waals surface area contributed by atoms with E-state index >= 15 is 0 Å². The molecule has 0 fully saturated rings. The van der Waals surface area contributed by atoms with Crippen molar-refractivity contribution < 1.29 is 29.8 Å². The van der Waals surface area contributed by atoms with Crippen LogP contribution < -0.4 is 11.2 Å². The van der Waals surface area contributed by atoms with E-state index in [4.69, 9.17) is 5.73 Å². The highest BCUT2D eigenvalue weighted by atomic mass is 16.5. The summed E-state index contributed by atoms with van der Waals surface area (Å²) in [7, 11) is 0. The summed E-state index contributed by atoms with van der Waals surface area (Å²) in [6.07, 6.45) is 0. The summed E-state index contributed by atoms with van der Waals surface area (Å²) in [5, 5.41) is 32.5. The molecule has 184 valence electrons. The lowest BCUT2D eigenvalue weighted by Gasteiger charge is -2.48. The number of aliphatic hydroxyl groups is 1. The smallest absolute Gasteiger partial charge is 0.348 e. The number of urea groups is 1. The summed E-state index contributed by atoms with van der Waals surface area (Å²) in [6, 6.07) is 19.1. The van der Waals surface area contributed by atoms with E-state index < -0.39 is 29.0 Å². The monoisotopic (exact) mass is 479 g/mol. The van der Waals surface area contributed by atoms with Crippen LogP contribution in [-0.4, -0.2) is 50.4 Å². The standard InChI is InChI=1S/C26H29N3O6/c1-16(2)15-29(24(27)33)25(3,26(34,23(31)32)22(30)28-35)19-13-11-18(12-14-19)21-10-6-8-17-7-4-5-9-20(17)21/h4-14,16,34-35H,15H2,1-3H3,(H2,27,33)(H,28,30)(H,31,32). The molecule has 0 spiro atoms. The average Bonchev–Trinajstić information content (AvgIpc) is 2.85. The lowest BCUT2D eigenvalue weighted by atomic mass is 9.73. The van der Waals surface area contributed by atoms with E-state index in [0.717, 1.165) is 26.8 Å². The van der Waals surface area contributed by atoms with Crippen molar-refractivity contribution in [3.63, 3.8) is 0 Å². The highest BCUT2D eigenvalue weighted by Gasteiger charge is 2.63. The molecule has 6 N–H and O–H groups in total. The first-order valence-corrected chi connectivity index (χ1v) is 11.0. The SMILES string of the molecule is CC(C)CN(C(N)=O)C(C)(c1ccc(-c2cccc3ccccc23)cc1)C(O)(C(=O)O)C(=O)NO. The third-order valence-corrected chi connectivity index (χ3v) is 6.35. The number of amides is 3. The van der Waals surface area contributed by atoms with Crippen LogP contribution in [0.15, 0.2) is 66.7 Å². The minimum atomic E-state index is -3.27. The Balaban J connectivity index is 2.25. The number of carboxylic acids is 1. The molecular weight excluding hydrogens is 450 g/mol. The number of fused-ring (bicyclic) bond motifs is 1. The number of aliphatic carboxylic acids is 1. The largest absolute Gasteiger partial charge is 0.479 e. The van der Waals surface area contributed by atoms with Crippen LogP contribution in [0.1, 0.15) is 26.3 Å². The second-order valence-corrected chi connectivity index (χ2v) is 8.98. The zero-order valence-corrected chi connectivity index (χ0v) is 19.7. The van der Waals surface area contributed by atoms with Gasteiger partial charge in [0, 0.05) is 6.54 Å². The van der Waals surface area contributed by atoms with E-state index in [1.807, 2.05) is 42.5 Å². The lowest BCUT2D eigenvalue weighted by Crippen LogP contribution is -2.71. The van der Waals surface area contributed by atoms with E-state index in [1.165, 1.54) is 24.5 Å². The van der Waals surface area contributed by atoms with Gasteiger partial charge in [-0.05, 0) is 40.3 Å². The second kappa shape index (κ2) is 9.73. The van der Waals surface area contributed by atoms with Crippen molar-refractivity contribution in [3.05, 3.63) is 72.3 Å². The fourth-order valence-electron chi connectivity index (χ4n) is 4.48. The molecule has 2 atom stereocenters. The molecule has 0 aromatic heterocycles. The molecule has 3 amide bonds. The van der Waals surface area contributed by atoms with Crippen molar-refractivity contribution in [3.8, 4) is 11.1 Å². The van der Waals surface area contributed by atoms with E-state index in [-0.39, 0.29) is 18.0 Å². The molecule has 9 nitrogen and oxygen atoms in total. The average molecular weight is 480 g/mol. The summed E-state index contributed by atoms with van der Waals surface area (Å²) < 4.78 is 0. The highest BCUT2D eigenvalue weighted by Crippen LogP contribution is 2.41. The van der Waals surface area contributed by atoms with Gasteiger partial charge in [0.05, 0.1) is 0 Å². The zero-order chi connectivity index (χ0) is 26.0. The molecule has 0 aliphatic rings. The van der Waals surface area contributed by atoms with E-state index in [1.54, 1.807) is 26.0 Å². The molecule has 3 aromatic carbocycles. The van der Waals surface area contributed by atoms with Crippen LogP contribution in [-0.2, 0) is 15.1 Å². The van der Waals surface area contributed by atoms with Crippen LogP contribution in [0.4, 0.5) is 4.79 Å². The van der Waals surface area contributed by atoms with Crippen molar-refractivity contribution in [1.82, 2.24) is 10.4 Å². The van der Waals surface area contributed by atoms with Gasteiger partial charge >= 0.3 is 12.0 Å². The molecular formula is C26H29N3O6. The van der Waals surface area contributed by atoms with Gasteiger partial charge in [0.1, 0.15) is 5.54 Å². The number of hydrogen-bond donors (Lipinski definition) is 5. The van der Waals surface area contributed by atoms with Crippen molar-refractivity contribution in [1.29, 1.82) is 0 Å². The molecule has 35 heavy (non-hydrogen) atoms. The number of benzene rings is 3. The third-order valence-electron chi connectivity index (χ3n) is 6.35. The molecule has 0 aliphatic carbocycles. The molecule has 0 heterocycles. The van der Waals surface area contributed by atoms with Crippen molar-refractivity contribution >= 4 is 28.7 Å². The number of rotatable bonds is 8. The van der Waals surface area contributed by atoms with Gasteiger partial charge in [0.15, 0.2) is 0 Å². The summed E-state index contributed by atoms with van der Waals surface area (Å²) in [5.74, 6) is -3.76. The van der Waals surface area contributed by atoms with Crippen LogP contribution in [0, 0.1) is 5.92 Å². The number of primary amides is 1. The Morgan fingerprint density at radius 3 is 2.14 bits per heavy atom. The Morgan fingerprint density at radius 1 is 1.00 bits per heavy atom. The highest BCUT2D eigenvalue weighted by molar-refractivity contribution is 6.07. The first-order chi connectivity index (χ1) is 16.5. The third kappa shape index (κ3) is 4.31. The summed E-state index contributed by atoms with van der Waals surface area (Å²) in [5.41, 5.74) is 3.24. The molecule has 0 aliphatic heterocycles. The Kier molecular flexibility index (Phi) is 7.14. The number of nitrogens with zero attached hydrogens (tertiary/aromatic N) is 1.